The van der Waals surface area contributed by atoms with Crippen LogP contribution in [0.4, 0.5) is 5.69 Å². The normalized spacial score (nSPS) is 10.7. The van der Waals surface area contributed by atoms with E-state index >= 15 is 0 Å². The molecule has 0 radical (unpaired) electrons. The van der Waals surface area contributed by atoms with Gasteiger partial charge >= 0.3 is 5.97 Å². The summed E-state index contributed by atoms with van der Waals surface area (Å²) in [5.74, 6) is -1.02. The van der Waals surface area contributed by atoms with Crippen LogP contribution in [0.3, 0.4) is 0 Å². The van der Waals surface area contributed by atoms with Crippen LogP contribution < -0.4 is 5.73 Å². The van der Waals surface area contributed by atoms with Crippen LogP contribution in [0.1, 0.15) is 27.3 Å². The molecule has 2 rings (SSSR count). The Morgan fingerprint density at radius 2 is 2.16 bits per heavy atom. The quantitative estimate of drug-likeness (QED) is 0.851. The molecule has 1 aromatic carbocycles. The van der Waals surface area contributed by atoms with Crippen LogP contribution in [-0.2, 0) is 6.54 Å². The third-order valence-electron chi connectivity index (χ3n) is 3.01. The zero-order valence-electron chi connectivity index (χ0n) is 10.6. The average Bonchev–Trinajstić information content (AvgIpc) is 2.57. The van der Waals surface area contributed by atoms with E-state index in [1.165, 1.54) is 0 Å². The summed E-state index contributed by atoms with van der Waals surface area (Å²) in [6.45, 7) is 4.20. The lowest BCUT2D eigenvalue weighted by Gasteiger charge is -2.10. The van der Waals surface area contributed by atoms with Gasteiger partial charge in [-0.3, -0.25) is 4.68 Å². The molecule has 2 aromatic rings. The first-order chi connectivity index (χ1) is 8.91. The van der Waals surface area contributed by atoms with Crippen molar-refractivity contribution in [3.63, 3.8) is 0 Å². The molecule has 0 spiro atoms. The van der Waals surface area contributed by atoms with Gasteiger partial charge in [0.1, 0.15) is 0 Å². The fourth-order valence-electron chi connectivity index (χ4n) is 2.00. The number of nitrogens with zero attached hydrogens (tertiary/aromatic N) is 2. The number of aromatic nitrogens is 2. The average molecular weight is 324 g/mol. The number of carbonyl (C=O) groups is 1. The van der Waals surface area contributed by atoms with E-state index in [1.54, 1.807) is 22.9 Å². The minimum absolute atomic E-state index is 0.145. The summed E-state index contributed by atoms with van der Waals surface area (Å²) in [5, 5.41) is 13.6. The largest absolute Gasteiger partial charge is 0.478 e. The maximum Gasteiger partial charge on any atom is 0.338 e. The topological polar surface area (TPSA) is 81.1 Å². The number of nitrogens with two attached hydrogens (primary N) is 1. The first kappa shape index (κ1) is 13.6. The van der Waals surface area contributed by atoms with Gasteiger partial charge in [0.2, 0.25) is 0 Å². The molecule has 0 amide bonds. The summed E-state index contributed by atoms with van der Waals surface area (Å²) in [6, 6.07) is 5.09. The van der Waals surface area contributed by atoms with Gasteiger partial charge in [0.25, 0.3) is 0 Å². The Morgan fingerprint density at radius 3 is 2.68 bits per heavy atom. The van der Waals surface area contributed by atoms with Gasteiger partial charge in [0, 0.05) is 5.69 Å². The van der Waals surface area contributed by atoms with Crippen molar-refractivity contribution in [1.82, 2.24) is 9.78 Å². The van der Waals surface area contributed by atoms with Crippen LogP contribution in [0.2, 0.25) is 0 Å². The highest BCUT2D eigenvalue weighted by molar-refractivity contribution is 9.10. The number of anilines is 1. The molecule has 0 aliphatic rings. The van der Waals surface area contributed by atoms with Crippen LogP contribution in [0.25, 0.3) is 0 Å². The van der Waals surface area contributed by atoms with E-state index in [9.17, 15) is 9.90 Å². The number of halogens is 1. The second-order valence-electron chi connectivity index (χ2n) is 4.33. The van der Waals surface area contributed by atoms with Crippen molar-refractivity contribution in [2.45, 2.75) is 20.4 Å². The van der Waals surface area contributed by atoms with E-state index in [4.69, 9.17) is 5.73 Å². The highest BCUT2D eigenvalue weighted by Crippen LogP contribution is 2.23. The SMILES string of the molecule is Cc1nn(Cc2cccc(N)c2C(=O)O)c(C)c1Br. The van der Waals surface area contributed by atoms with Crippen molar-refractivity contribution in [3.05, 3.63) is 45.2 Å². The molecule has 0 saturated carbocycles. The van der Waals surface area contributed by atoms with Gasteiger partial charge in [-0.05, 0) is 41.4 Å². The zero-order chi connectivity index (χ0) is 14.2. The molecule has 0 atom stereocenters. The summed E-state index contributed by atoms with van der Waals surface area (Å²) in [5.41, 5.74) is 8.62. The fraction of sp³-hybridized carbons (Fsp3) is 0.231. The summed E-state index contributed by atoms with van der Waals surface area (Å²) >= 11 is 3.45. The van der Waals surface area contributed by atoms with Crippen molar-refractivity contribution in [2.75, 3.05) is 5.73 Å². The van der Waals surface area contributed by atoms with Gasteiger partial charge < -0.3 is 10.8 Å². The predicted molar refractivity (Wildman–Crippen MR) is 76.3 cm³/mol. The second-order valence-corrected chi connectivity index (χ2v) is 5.12. The van der Waals surface area contributed by atoms with Gasteiger partial charge in [-0.25, -0.2) is 4.79 Å². The molecule has 1 aromatic heterocycles. The lowest BCUT2D eigenvalue weighted by Crippen LogP contribution is -2.11. The Labute approximate surface area is 119 Å². The molecule has 0 unspecified atom stereocenters. The van der Waals surface area contributed by atoms with E-state index in [-0.39, 0.29) is 11.3 Å². The number of carboxylic acid groups (broad SMARTS) is 1. The maximum absolute atomic E-state index is 11.3. The smallest absolute Gasteiger partial charge is 0.338 e. The van der Waals surface area contributed by atoms with E-state index in [2.05, 4.69) is 21.0 Å². The second kappa shape index (κ2) is 5.05. The number of benzene rings is 1. The minimum Gasteiger partial charge on any atom is -0.478 e. The molecule has 0 fully saturated rings. The number of rotatable bonds is 3. The Morgan fingerprint density at radius 1 is 1.47 bits per heavy atom. The summed E-state index contributed by atoms with van der Waals surface area (Å²) < 4.78 is 2.70. The van der Waals surface area contributed by atoms with Crippen LogP contribution in [-0.4, -0.2) is 20.9 Å². The third-order valence-corrected chi connectivity index (χ3v) is 4.16. The first-order valence-corrected chi connectivity index (χ1v) is 6.51. The third kappa shape index (κ3) is 2.49. The van der Waals surface area contributed by atoms with Crippen LogP contribution in [0.5, 0.6) is 0 Å². The van der Waals surface area contributed by atoms with E-state index in [0.717, 1.165) is 15.9 Å². The van der Waals surface area contributed by atoms with Gasteiger partial charge in [-0.2, -0.15) is 5.10 Å². The van der Waals surface area contributed by atoms with Gasteiger partial charge in [0.05, 0.1) is 28.0 Å². The highest BCUT2D eigenvalue weighted by Gasteiger charge is 2.16. The van der Waals surface area contributed by atoms with Gasteiger partial charge in [0.15, 0.2) is 0 Å². The molecule has 0 bridgehead atoms. The summed E-state index contributed by atoms with van der Waals surface area (Å²) in [6.07, 6.45) is 0. The molecule has 0 aliphatic carbocycles. The number of aromatic carboxylic acids is 1. The number of carboxylic acids is 1. The van der Waals surface area contributed by atoms with E-state index in [1.807, 2.05) is 13.8 Å². The Bertz CT molecular complexity index is 650. The summed E-state index contributed by atoms with van der Waals surface area (Å²) in [4.78, 5) is 11.3. The monoisotopic (exact) mass is 323 g/mol. The maximum atomic E-state index is 11.3. The Kier molecular flexibility index (Phi) is 3.61. The lowest BCUT2D eigenvalue weighted by atomic mass is 10.1. The van der Waals surface area contributed by atoms with E-state index in [0.29, 0.717) is 12.1 Å². The Balaban J connectivity index is 2.47. The van der Waals surface area contributed by atoms with Crippen LogP contribution in [0.15, 0.2) is 22.7 Å². The minimum atomic E-state index is -1.02. The fourth-order valence-corrected chi connectivity index (χ4v) is 2.29. The van der Waals surface area contributed by atoms with E-state index < -0.39 is 5.97 Å². The standard InChI is InChI=1S/C13H14BrN3O2/c1-7-12(14)8(2)17(16-7)6-9-4-3-5-10(15)11(9)13(18)19/h3-5H,6,15H2,1-2H3,(H,18,19). The molecule has 100 valence electrons. The first-order valence-electron chi connectivity index (χ1n) is 5.72. The number of nitrogen functional groups attached to an aromatic ring is 1. The molecule has 0 saturated heterocycles. The molecular formula is C13H14BrN3O2. The molecule has 5 nitrogen and oxygen atoms in total. The number of hydrogen-bond donors (Lipinski definition) is 2. The van der Waals surface area contributed by atoms with Crippen LogP contribution >= 0.6 is 15.9 Å². The predicted octanol–water partition coefficient (Wildman–Crippen LogP) is 2.59. The van der Waals surface area contributed by atoms with Gasteiger partial charge in [-0.15, -0.1) is 0 Å². The summed E-state index contributed by atoms with van der Waals surface area (Å²) in [7, 11) is 0. The van der Waals surface area contributed by atoms with Crippen molar-refractivity contribution in [3.8, 4) is 0 Å². The molecule has 1 heterocycles. The molecule has 6 heteroatoms. The molecular weight excluding hydrogens is 310 g/mol. The number of aryl methyl sites for hydroxylation is 1. The Hall–Kier alpha value is -1.82. The molecule has 3 N–H and O–H groups in total. The van der Waals surface area contributed by atoms with Crippen molar-refractivity contribution < 1.29 is 9.90 Å². The van der Waals surface area contributed by atoms with Crippen LogP contribution in [0, 0.1) is 13.8 Å². The van der Waals surface area contributed by atoms with Gasteiger partial charge in [-0.1, -0.05) is 12.1 Å². The molecule has 0 aliphatic heterocycles. The highest BCUT2D eigenvalue weighted by atomic mass is 79.9. The lowest BCUT2D eigenvalue weighted by molar-refractivity contribution is 0.0696. The number of hydrogen-bond acceptors (Lipinski definition) is 3. The van der Waals surface area contributed by atoms with Crippen molar-refractivity contribution >= 4 is 27.6 Å². The zero-order valence-corrected chi connectivity index (χ0v) is 12.2. The molecule has 19 heavy (non-hydrogen) atoms. The van der Waals surface area contributed by atoms with Crippen molar-refractivity contribution in [2.24, 2.45) is 0 Å². The van der Waals surface area contributed by atoms with Crippen molar-refractivity contribution in [1.29, 1.82) is 0 Å².